The highest BCUT2D eigenvalue weighted by Gasteiger charge is 2.46. The summed E-state index contributed by atoms with van der Waals surface area (Å²) in [6.45, 7) is 7.47. The lowest BCUT2D eigenvalue weighted by molar-refractivity contribution is -0.0877. The van der Waals surface area contributed by atoms with E-state index in [0.717, 1.165) is 37.2 Å². The number of hydrogen-bond donors (Lipinski definition) is 1. The summed E-state index contributed by atoms with van der Waals surface area (Å²) in [6.07, 6.45) is 4.16. The molecule has 2 aliphatic rings. The van der Waals surface area contributed by atoms with Crippen molar-refractivity contribution in [1.29, 1.82) is 0 Å². The zero-order valence-electron chi connectivity index (χ0n) is 12.9. The van der Waals surface area contributed by atoms with E-state index in [9.17, 15) is 5.11 Å². The molecule has 1 aromatic carbocycles. The van der Waals surface area contributed by atoms with Crippen LogP contribution in [-0.4, -0.2) is 11.7 Å². The molecule has 3 unspecified atom stereocenters. The first-order valence-corrected chi connectivity index (χ1v) is 8.00. The smallest absolute Gasteiger partial charge is 0.128 e. The Kier molecular flexibility index (Phi) is 3.53. The highest BCUT2D eigenvalue weighted by atomic mass is 16.5. The number of aliphatic hydroxyl groups is 1. The van der Waals surface area contributed by atoms with Gasteiger partial charge in [-0.2, -0.15) is 0 Å². The number of ether oxygens (including phenoxy) is 1. The van der Waals surface area contributed by atoms with Gasteiger partial charge in [0.05, 0.1) is 12.2 Å². The number of fused-ring (bicyclic) bond motifs is 1. The number of hydrogen-bond acceptors (Lipinski definition) is 2. The molecule has 1 heterocycles. The number of benzene rings is 1. The lowest BCUT2D eigenvalue weighted by Gasteiger charge is -2.45. The summed E-state index contributed by atoms with van der Waals surface area (Å²) in [6, 6.07) is 6.29. The first-order chi connectivity index (χ1) is 9.52. The Hall–Kier alpha value is -1.02. The molecule has 1 fully saturated rings. The molecule has 1 aliphatic carbocycles. The molecule has 0 amide bonds. The Labute approximate surface area is 122 Å². The van der Waals surface area contributed by atoms with E-state index in [2.05, 4.69) is 39.0 Å². The molecule has 0 saturated heterocycles. The fraction of sp³-hybridized carbons (Fsp3) is 0.667. The second-order valence-corrected chi connectivity index (χ2v) is 7.05. The zero-order chi connectivity index (χ0) is 14.3. The summed E-state index contributed by atoms with van der Waals surface area (Å²) in [4.78, 5) is 0. The summed E-state index contributed by atoms with van der Waals surface area (Å²) >= 11 is 0. The Bertz CT molecular complexity index is 494. The van der Waals surface area contributed by atoms with Crippen LogP contribution in [0.1, 0.15) is 51.2 Å². The van der Waals surface area contributed by atoms with Gasteiger partial charge in [-0.15, -0.1) is 0 Å². The van der Waals surface area contributed by atoms with Crippen molar-refractivity contribution >= 4 is 0 Å². The van der Waals surface area contributed by atoms with Crippen LogP contribution >= 0.6 is 0 Å². The van der Waals surface area contributed by atoms with Crippen LogP contribution in [0.25, 0.3) is 0 Å². The van der Waals surface area contributed by atoms with Crippen LogP contribution in [0.2, 0.25) is 0 Å². The van der Waals surface area contributed by atoms with Crippen molar-refractivity contribution in [1.82, 2.24) is 0 Å². The Morgan fingerprint density at radius 3 is 2.85 bits per heavy atom. The average Bonchev–Trinajstić information content (AvgIpc) is 2.85. The maximum absolute atomic E-state index is 11.5. The van der Waals surface area contributed by atoms with E-state index in [1.54, 1.807) is 0 Å². The Morgan fingerprint density at radius 1 is 1.30 bits per heavy atom. The fourth-order valence-corrected chi connectivity index (χ4v) is 4.24. The summed E-state index contributed by atoms with van der Waals surface area (Å²) in [7, 11) is 0. The highest BCUT2D eigenvalue weighted by Crippen LogP contribution is 2.50. The van der Waals surface area contributed by atoms with Gasteiger partial charge in [0.15, 0.2) is 0 Å². The molecule has 0 spiro atoms. The van der Waals surface area contributed by atoms with E-state index in [1.807, 2.05) is 0 Å². The second-order valence-electron chi connectivity index (χ2n) is 7.05. The average molecular weight is 274 g/mol. The van der Waals surface area contributed by atoms with Gasteiger partial charge in [0.1, 0.15) is 5.75 Å². The SMILES string of the molecule is CC1CCC(C(C)C)C(O)(c2cccc3c2OCC3)C1. The van der Waals surface area contributed by atoms with Gasteiger partial charge in [-0.3, -0.25) is 0 Å². The van der Waals surface area contributed by atoms with Crippen LogP contribution in [0.5, 0.6) is 5.75 Å². The molecule has 0 radical (unpaired) electrons. The standard InChI is InChI=1S/C18H26O2/c1-12(2)15-8-7-13(3)11-18(15,19)16-6-4-5-14-9-10-20-17(14)16/h4-6,12-13,15,19H,7-11H2,1-3H3. The summed E-state index contributed by atoms with van der Waals surface area (Å²) < 4.78 is 5.85. The second kappa shape index (κ2) is 5.07. The molecular formula is C18H26O2. The van der Waals surface area contributed by atoms with Crippen LogP contribution in [0.3, 0.4) is 0 Å². The third-order valence-electron chi connectivity index (χ3n) is 5.23. The van der Waals surface area contributed by atoms with Gasteiger partial charge in [0.2, 0.25) is 0 Å². The van der Waals surface area contributed by atoms with E-state index in [-0.39, 0.29) is 0 Å². The van der Waals surface area contributed by atoms with Crippen LogP contribution in [0.15, 0.2) is 18.2 Å². The largest absolute Gasteiger partial charge is 0.493 e. The van der Waals surface area contributed by atoms with Crippen molar-refractivity contribution in [3.8, 4) is 5.75 Å². The number of rotatable bonds is 2. The van der Waals surface area contributed by atoms with Gasteiger partial charge in [-0.1, -0.05) is 45.4 Å². The van der Waals surface area contributed by atoms with Crippen LogP contribution in [0, 0.1) is 17.8 Å². The van der Waals surface area contributed by atoms with Crippen molar-refractivity contribution in [2.75, 3.05) is 6.61 Å². The lowest BCUT2D eigenvalue weighted by Crippen LogP contribution is -2.43. The minimum absolute atomic E-state index is 0.328. The van der Waals surface area contributed by atoms with Crippen molar-refractivity contribution in [2.24, 2.45) is 17.8 Å². The van der Waals surface area contributed by atoms with Gasteiger partial charge >= 0.3 is 0 Å². The molecule has 0 bridgehead atoms. The van der Waals surface area contributed by atoms with Gasteiger partial charge in [0, 0.05) is 12.0 Å². The maximum Gasteiger partial charge on any atom is 0.128 e. The molecule has 0 aromatic heterocycles. The molecule has 3 atom stereocenters. The molecule has 1 saturated carbocycles. The third kappa shape index (κ3) is 2.14. The molecule has 1 aliphatic heterocycles. The van der Waals surface area contributed by atoms with E-state index in [4.69, 9.17) is 4.74 Å². The summed E-state index contributed by atoms with van der Waals surface area (Å²) in [5, 5.41) is 11.5. The normalized spacial score (nSPS) is 33.0. The first-order valence-electron chi connectivity index (χ1n) is 8.00. The van der Waals surface area contributed by atoms with Gasteiger partial charge in [-0.05, 0) is 36.2 Å². The minimum atomic E-state index is -0.721. The highest BCUT2D eigenvalue weighted by molar-refractivity contribution is 5.47. The third-order valence-corrected chi connectivity index (χ3v) is 5.23. The molecular weight excluding hydrogens is 248 g/mol. The Balaban J connectivity index is 2.06. The van der Waals surface area contributed by atoms with E-state index < -0.39 is 5.60 Å². The fourth-order valence-electron chi connectivity index (χ4n) is 4.24. The monoisotopic (exact) mass is 274 g/mol. The molecule has 2 heteroatoms. The van der Waals surface area contributed by atoms with Crippen molar-refractivity contribution in [3.63, 3.8) is 0 Å². The van der Waals surface area contributed by atoms with Crippen LogP contribution in [0.4, 0.5) is 0 Å². The lowest BCUT2D eigenvalue weighted by atomic mass is 9.64. The molecule has 3 rings (SSSR count). The molecule has 1 N–H and O–H groups in total. The quantitative estimate of drug-likeness (QED) is 0.886. The number of para-hydroxylation sites is 1. The predicted molar refractivity (Wildman–Crippen MR) is 80.9 cm³/mol. The van der Waals surface area contributed by atoms with Crippen molar-refractivity contribution < 1.29 is 9.84 Å². The summed E-state index contributed by atoms with van der Waals surface area (Å²) in [5.74, 6) is 2.36. The van der Waals surface area contributed by atoms with Gasteiger partial charge in [0.25, 0.3) is 0 Å². The van der Waals surface area contributed by atoms with Crippen LogP contribution < -0.4 is 4.74 Å². The Morgan fingerprint density at radius 2 is 2.10 bits per heavy atom. The van der Waals surface area contributed by atoms with Gasteiger partial charge in [-0.25, -0.2) is 0 Å². The molecule has 110 valence electrons. The zero-order valence-corrected chi connectivity index (χ0v) is 12.9. The topological polar surface area (TPSA) is 29.5 Å². The molecule has 2 nitrogen and oxygen atoms in total. The first kappa shape index (κ1) is 13.9. The van der Waals surface area contributed by atoms with E-state index in [0.29, 0.717) is 17.8 Å². The van der Waals surface area contributed by atoms with Crippen molar-refractivity contribution in [2.45, 2.75) is 52.1 Å². The van der Waals surface area contributed by atoms with Crippen LogP contribution in [-0.2, 0) is 12.0 Å². The molecule has 1 aromatic rings. The van der Waals surface area contributed by atoms with E-state index >= 15 is 0 Å². The van der Waals surface area contributed by atoms with Crippen molar-refractivity contribution in [3.05, 3.63) is 29.3 Å². The van der Waals surface area contributed by atoms with Gasteiger partial charge < -0.3 is 9.84 Å². The molecule has 20 heavy (non-hydrogen) atoms. The van der Waals surface area contributed by atoms with E-state index in [1.165, 1.54) is 12.0 Å². The maximum atomic E-state index is 11.5. The summed E-state index contributed by atoms with van der Waals surface area (Å²) in [5.41, 5.74) is 1.58. The minimum Gasteiger partial charge on any atom is -0.493 e. The predicted octanol–water partition coefficient (Wildman–Crippen LogP) is 3.90.